The van der Waals surface area contributed by atoms with E-state index in [0.717, 1.165) is 11.1 Å². The van der Waals surface area contributed by atoms with Crippen molar-refractivity contribution in [1.82, 2.24) is 0 Å². The second kappa shape index (κ2) is 3.78. The molecule has 0 spiro atoms. The van der Waals surface area contributed by atoms with E-state index in [-0.39, 0.29) is 5.41 Å². The third-order valence-corrected chi connectivity index (χ3v) is 4.01. The van der Waals surface area contributed by atoms with Gasteiger partial charge < -0.3 is 0 Å². The average Bonchev–Trinajstić information content (AvgIpc) is 2.66. The van der Waals surface area contributed by atoms with Gasteiger partial charge in [0.25, 0.3) is 0 Å². The van der Waals surface area contributed by atoms with Gasteiger partial charge in [-0.15, -0.1) is 12.8 Å². The second-order valence-corrected chi connectivity index (χ2v) is 5.43. The minimum Gasteiger partial charge on any atom is -0.115 e. The Kier molecular flexibility index (Phi) is 2.31. The van der Waals surface area contributed by atoms with Crippen molar-refractivity contribution in [2.45, 2.75) is 19.3 Å². The van der Waals surface area contributed by atoms with Crippen molar-refractivity contribution in [2.75, 3.05) is 0 Å². The molecular formula is C19H14. The lowest BCUT2D eigenvalue weighted by Gasteiger charge is -2.21. The number of benzene rings is 2. The molecule has 1 aliphatic rings. The summed E-state index contributed by atoms with van der Waals surface area (Å²) in [6, 6.07) is 12.5. The van der Waals surface area contributed by atoms with Gasteiger partial charge in [-0.3, -0.25) is 0 Å². The van der Waals surface area contributed by atoms with Gasteiger partial charge in [0, 0.05) is 16.5 Å². The molecule has 0 saturated carbocycles. The van der Waals surface area contributed by atoms with Crippen molar-refractivity contribution in [3.8, 4) is 35.8 Å². The van der Waals surface area contributed by atoms with E-state index in [1.54, 1.807) is 0 Å². The summed E-state index contributed by atoms with van der Waals surface area (Å²) in [6.45, 7) is 4.46. The molecule has 0 fully saturated rings. The van der Waals surface area contributed by atoms with Gasteiger partial charge in [-0.05, 0) is 46.5 Å². The number of fused-ring (bicyclic) bond motifs is 3. The van der Waals surface area contributed by atoms with E-state index in [0.29, 0.717) is 0 Å². The third-order valence-electron chi connectivity index (χ3n) is 4.01. The lowest BCUT2D eigenvalue weighted by atomic mass is 9.82. The van der Waals surface area contributed by atoms with Crippen LogP contribution in [0.1, 0.15) is 36.1 Å². The van der Waals surface area contributed by atoms with E-state index >= 15 is 0 Å². The molecule has 0 aliphatic heterocycles. The van der Waals surface area contributed by atoms with Crippen LogP contribution in [0.4, 0.5) is 0 Å². The van der Waals surface area contributed by atoms with Crippen molar-refractivity contribution in [3.63, 3.8) is 0 Å². The number of hydrogen-bond acceptors (Lipinski definition) is 0. The Bertz CT molecular complexity index is 762. The Morgan fingerprint density at radius 3 is 2.11 bits per heavy atom. The zero-order valence-corrected chi connectivity index (χ0v) is 11.1. The quantitative estimate of drug-likeness (QED) is 0.613. The summed E-state index contributed by atoms with van der Waals surface area (Å²) >= 11 is 0. The zero-order valence-electron chi connectivity index (χ0n) is 11.1. The van der Waals surface area contributed by atoms with Crippen LogP contribution in [0.15, 0.2) is 36.4 Å². The molecule has 0 atom stereocenters. The smallest absolute Gasteiger partial charge is 0.0248 e. The number of hydrogen-bond donors (Lipinski definition) is 0. The van der Waals surface area contributed by atoms with Crippen LogP contribution in [-0.4, -0.2) is 0 Å². The third kappa shape index (κ3) is 1.51. The van der Waals surface area contributed by atoms with Crippen LogP contribution < -0.4 is 0 Å². The van der Waals surface area contributed by atoms with E-state index < -0.39 is 0 Å². The molecule has 1 aliphatic carbocycles. The van der Waals surface area contributed by atoms with Crippen molar-refractivity contribution in [2.24, 2.45) is 0 Å². The Hall–Kier alpha value is -2.44. The molecule has 90 valence electrons. The topological polar surface area (TPSA) is 0 Å². The fraction of sp³-hybridized carbons (Fsp3) is 0.158. The summed E-state index contributed by atoms with van der Waals surface area (Å²) in [7, 11) is 0. The first-order valence-corrected chi connectivity index (χ1v) is 6.30. The van der Waals surface area contributed by atoms with Gasteiger partial charge in [-0.25, -0.2) is 0 Å². The van der Waals surface area contributed by atoms with Gasteiger partial charge in [0.05, 0.1) is 0 Å². The first-order valence-electron chi connectivity index (χ1n) is 6.30. The van der Waals surface area contributed by atoms with Gasteiger partial charge in [0.1, 0.15) is 0 Å². The molecule has 0 heterocycles. The van der Waals surface area contributed by atoms with Gasteiger partial charge >= 0.3 is 0 Å². The number of rotatable bonds is 0. The lowest BCUT2D eigenvalue weighted by Crippen LogP contribution is -2.15. The molecule has 3 rings (SSSR count). The van der Waals surface area contributed by atoms with Crippen LogP contribution in [-0.2, 0) is 5.41 Å². The molecule has 19 heavy (non-hydrogen) atoms. The van der Waals surface area contributed by atoms with Gasteiger partial charge in [-0.1, -0.05) is 37.8 Å². The average molecular weight is 242 g/mol. The van der Waals surface area contributed by atoms with Crippen LogP contribution in [0.5, 0.6) is 0 Å². The van der Waals surface area contributed by atoms with E-state index in [1.165, 1.54) is 22.3 Å². The van der Waals surface area contributed by atoms with Crippen LogP contribution >= 0.6 is 0 Å². The molecule has 0 radical (unpaired) electrons. The first-order chi connectivity index (χ1) is 9.07. The molecule has 2 aromatic carbocycles. The maximum Gasteiger partial charge on any atom is 0.0248 e. The highest BCUT2D eigenvalue weighted by Crippen LogP contribution is 2.48. The summed E-state index contributed by atoms with van der Waals surface area (Å²) < 4.78 is 0. The van der Waals surface area contributed by atoms with E-state index in [9.17, 15) is 0 Å². The van der Waals surface area contributed by atoms with Crippen molar-refractivity contribution in [3.05, 3.63) is 58.7 Å². The minimum atomic E-state index is -0.0232. The predicted molar refractivity (Wildman–Crippen MR) is 79.9 cm³/mol. The summed E-state index contributed by atoms with van der Waals surface area (Å²) in [6.07, 6.45) is 11.0. The van der Waals surface area contributed by atoms with Crippen LogP contribution in [0.25, 0.3) is 11.1 Å². The van der Waals surface area contributed by atoms with Crippen LogP contribution in [0.2, 0.25) is 0 Å². The highest BCUT2D eigenvalue weighted by atomic mass is 14.4. The fourth-order valence-corrected chi connectivity index (χ4v) is 2.93. The van der Waals surface area contributed by atoms with Gasteiger partial charge in [0.2, 0.25) is 0 Å². The molecule has 0 nitrogen and oxygen atoms in total. The molecular weight excluding hydrogens is 228 g/mol. The van der Waals surface area contributed by atoms with E-state index in [2.05, 4.69) is 50.0 Å². The molecule has 2 aromatic rings. The zero-order chi connectivity index (χ0) is 13.6. The monoisotopic (exact) mass is 242 g/mol. The highest BCUT2D eigenvalue weighted by Gasteiger charge is 2.35. The molecule has 0 saturated heterocycles. The summed E-state index contributed by atoms with van der Waals surface area (Å²) in [5.74, 6) is 5.42. The van der Waals surface area contributed by atoms with Gasteiger partial charge in [-0.2, -0.15) is 0 Å². The minimum absolute atomic E-state index is 0.0232. The molecule has 0 amide bonds. The maximum atomic E-state index is 5.51. The first kappa shape index (κ1) is 11.6. The second-order valence-electron chi connectivity index (χ2n) is 5.43. The SMILES string of the molecule is C#Cc1ccc2c(c1)-c1ccc(C#C)cc1C2(C)C. The maximum absolute atomic E-state index is 5.51. The molecule has 0 aromatic heterocycles. The van der Waals surface area contributed by atoms with Crippen molar-refractivity contribution >= 4 is 0 Å². The molecule has 0 unspecified atom stereocenters. The fourth-order valence-electron chi connectivity index (χ4n) is 2.93. The van der Waals surface area contributed by atoms with Crippen molar-refractivity contribution in [1.29, 1.82) is 0 Å². The Balaban J connectivity index is 2.35. The largest absolute Gasteiger partial charge is 0.115 e. The summed E-state index contributed by atoms with van der Waals surface area (Å²) in [5, 5.41) is 0. The summed E-state index contributed by atoms with van der Waals surface area (Å²) in [5.41, 5.74) is 6.91. The summed E-state index contributed by atoms with van der Waals surface area (Å²) in [4.78, 5) is 0. The Morgan fingerprint density at radius 1 is 0.789 bits per heavy atom. The van der Waals surface area contributed by atoms with Gasteiger partial charge in [0.15, 0.2) is 0 Å². The highest BCUT2D eigenvalue weighted by molar-refractivity contribution is 5.82. The number of terminal acetylenes is 2. The van der Waals surface area contributed by atoms with Crippen LogP contribution in [0, 0.1) is 24.7 Å². The predicted octanol–water partition coefficient (Wildman–Crippen LogP) is 3.96. The normalized spacial score (nSPS) is 14.1. The van der Waals surface area contributed by atoms with Crippen LogP contribution in [0.3, 0.4) is 0 Å². The van der Waals surface area contributed by atoms with Crippen molar-refractivity contribution < 1.29 is 0 Å². The van der Waals surface area contributed by atoms with E-state index in [4.69, 9.17) is 12.8 Å². The lowest BCUT2D eigenvalue weighted by molar-refractivity contribution is 0.660. The molecule has 0 heteroatoms. The van der Waals surface area contributed by atoms with E-state index in [1.807, 2.05) is 12.1 Å². The Labute approximate surface area is 114 Å². The standard InChI is InChI=1S/C19H14/c1-5-13-8-10-17-16(11-13)15-9-7-14(6-2)12-18(15)19(17,3)4/h1-2,7-12H,3-4H3. The Morgan fingerprint density at radius 2 is 1.42 bits per heavy atom. The molecule has 0 bridgehead atoms. The molecule has 0 N–H and O–H groups in total.